The van der Waals surface area contributed by atoms with Crippen LogP contribution >= 0.6 is 0 Å². The third kappa shape index (κ3) is 3.88. The molecule has 0 radical (unpaired) electrons. The summed E-state index contributed by atoms with van der Waals surface area (Å²) >= 11 is 0. The Kier molecular flexibility index (Phi) is 4.97. The molecular weight excluding hydrogens is 330 g/mol. The molecule has 0 fully saturated rings. The molecule has 7 heteroatoms. The molecule has 3 rings (SSSR count). The Hall–Kier alpha value is -3.22. The van der Waals surface area contributed by atoms with Gasteiger partial charge in [0, 0.05) is 17.8 Å². The number of aromatic nitrogens is 3. The average molecular weight is 351 g/mol. The Labute approximate surface area is 151 Å². The fraction of sp³-hybridized carbons (Fsp3) is 0.263. The molecule has 0 atom stereocenters. The summed E-state index contributed by atoms with van der Waals surface area (Å²) < 4.78 is 5.03. The molecule has 3 aromatic rings. The molecule has 0 unspecified atom stereocenters. The molecule has 0 aliphatic heterocycles. The maximum Gasteiger partial charge on any atom is 0.274 e. The molecule has 7 nitrogen and oxygen atoms in total. The second kappa shape index (κ2) is 7.35. The van der Waals surface area contributed by atoms with Gasteiger partial charge >= 0.3 is 0 Å². The third-order valence-corrected chi connectivity index (χ3v) is 3.93. The van der Waals surface area contributed by atoms with E-state index in [2.05, 4.69) is 32.7 Å². The summed E-state index contributed by atoms with van der Waals surface area (Å²) in [6.07, 6.45) is 0.832. The molecule has 1 amide bonds. The highest BCUT2D eigenvalue weighted by atomic mass is 16.5. The lowest BCUT2D eigenvalue weighted by atomic mass is 10.1. The van der Waals surface area contributed by atoms with Crippen molar-refractivity contribution in [2.24, 2.45) is 0 Å². The van der Waals surface area contributed by atoms with E-state index in [1.54, 1.807) is 26.0 Å². The topological polar surface area (TPSA) is 92.9 Å². The summed E-state index contributed by atoms with van der Waals surface area (Å²) in [6.45, 7) is 7.57. The summed E-state index contributed by atoms with van der Waals surface area (Å²) in [7, 11) is 0. The number of amides is 1. The quantitative estimate of drug-likeness (QED) is 0.723. The number of benzene rings is 1. The number of nitrogens with one attached hydrogen (secondary N) is 2. The molecule has 0 bridgehead atoms. The summed E-state index contributed by atoms with van der Waals surface area (Å²) in [5.74, 6) is 1.90. The molecule has 2 aromatic heterocycles. The molecule has 0 saturated heterocycles. The number of hydrogen-bond acceptors (Lipinski definition) is 6. The van der Waals surface area contributed by atoms with Gasteiger partial charge in [0.1, 0.15) is 23.1 Å². The number of aryl methyl sites for hydroxylation is 4. The number of hydrogen-bond donors (Lipinski definition) is 2. The van der Waals surface area contributed by atoms with Crippen molar-refractivity contribution in [3.8, 4) is 0 Å². The number of carbonyl (C=O) groups excluding carboxylic acids is 1. The molecule has 1 aromatic carbocycles. The van der Waals surface area contributed by atoms with Gasteiger partial charge in [0.2, 0.25) is 0 Å². The number of nitrogens with zero attached hydrogens (tertiary/aromatic N) is 3. The molecule has 0 aliphatic carbocycles. The summed E-state index contributed by atoms with van der Waals surface area (Å²) in [5, 5.41) is 9.87. The maximum absolute atomic E-state index is 12.7. The van der Waals surface area contributed by atoms with Crippen LogP contribution in [0.2, 0.25) is 0 Å². The van der Waals surface area contributed by atoms with Crippen molar-refractivity contribution in [1.82, 2.24) is 15.1 Å². The lowest BCUT2D eigenvalue weighted by Crippen LogP contribution is -2.17. The first kappa shape index (κ1) is 17.6. The fourth-order valence-corrected chi connectivity index (χ4v) is 2.68. The van der Waals surface area contributed by atoms with Gasteiger partial charge in [0.05, 0.1) is 0 Å². The van der Waals surface area contributed by atoms with Crippen LogP contribution < -0.4 is 10.6 Å². The Bertz CT molecular complexity index is 949. The zero-order valence-corrected chi connectivity index (χ0v) is 15.3. The van der Waals surface area contributed by atoms with E-state index in [0.29, 0.717) is 23.2 Å². The summed E-state index contributed by atoms with van der Waals surface area (Å²) in [6, 6.07) is 9.31. The molecule has 0 spiro atoms. The first-order valence-electron chi connectivity index (χ1n) is 8.42. The van der Waals surface area contributed by atoms with Crippen molar-refractivity contribution in [1.29, 1.82) is 0 Å². The van der Waals surface area contributed by atoms with Gasteiger partial charge in [-0.25, -0.2) is 9.97 Å². The minimum absolute atomic E-state index is 0.279. The van der Waals surface area contributed by atoms with E-state index in [1.165, 1.54) is 0 Å². The van der Waals surface area contributed by atoms with E-state index in [9.17, 15) is 4.79 Å². The first-order chi connectivity index (χ1) is 12.5. The van der Waals surface area contributed by atoms with E-state index < -0.39 is 0 Å². The van der Waals surface area contributed by atoms with Crippen LogP contribution in [0.5, 0.6) is 0 Å². The maximum atomic E-state index is 12.7. The minimum Gasteiger partial charge on any atom is -0.360 e. The summed E-state index contributed by atoms with van der Waals surface area (Å²) in [5.41, 5.74) is 3.21. The van der Waals surface area contributed by atoms with Crippen molar-refractivity contribution in [3.05, 3.63) is 58.7 Å². The largest absolute Gasteiger partial charge is 0.360 e. The highest BCUT2D eigenvalue weighted by Gasteiger charge is 2.14. The van der Waals surface area contributed by atoms with E-state index in [4.69, 9.17) is 4.52 Å². The van der Waals surface area contributed by atoms with E-state index in [-0.39, 0.29) is 11.6 Å². The second-order valence-corrected chi connectivity index (χ2v) is 6.05. The van der Waals surface area contributed by atoms with Crippen LogP contribution in [-0.2, 0) is 6.42 Å². The van der Waals surface area contributed by atoms with Gasteiger partial charge < -0.3 is 15.2 Å². The molecule has 2 heterocycles. The Morgan fingerprint density at radius 2 is 1.92 bits per heavy atom. The highest BCUT2D eigenvalue weighted by Crippen LogP contribution is 2.22. The van der Waals surface area contributed by atoms with Gasteiger partial charge in [0.15, 0.2) is 5.82 Å². The number of carbonyl (C=O) groups is 1. The van der Waals surface area contributed by atoms with Crippen molar-refractivity contribution < 1.29 is 9.32 Å². The second-order valence-electron chi connectivity index (χ2n) is 6.05. The Morgan fingerprint density at radius 1 is 1.12 bits per heavy atom. The van der Waals surface area contributed by atoms with E-state index >= 15 is 0 Å². The van der Waals surface area contributed by atoms with E-state index in [0.717, 1.165) is 23.2 Å². The lowest BCUT2D eigenvalue weighted by molar-refractivity contribution is 0.102. The van der Waals surface area contributed by atoms with Gasteiger partial charge in [-0.15, -0.1) is 0 Å². The van der Waals surface area contributed by atoms with Crippen molar-refractivity contribution >= 4 is 23.2 Å². The fourth-order valence-electron chi connectivity index (χ4n) is 2.68. The monoisotopic (exact) mass is 351 g/mol. The highest BCUT2D eigenvalue weighted by molar-refractivity contribution is 6.04. The van der Waals surface area contributed by atoms with Gasteiger partial charge in [-0.05, 0) is 38.3 Å². The van der Waals surface area contributed by atoms with Crippen LogP contribution in [0.3, 0.4) is 0 Å². The lowest BCUT2D eigenvalue weighted by Gasteiger charge is -2.13. The first-order valence-corrected chi connectivity index (χ1v) is 8.42. The zero-order valence-electron chi connectivity index (χ0n) is 15.3. The smallest absolute Gasteiger partial charge is 0.274 e. The third-order valence-electron chi connectivity index (χ3n) is 3.93. The summed E-state index contributed by atoms with van der Waals surface area (Å²) in [4.78, 5) is 21.3. The van der Waals surface area contributed by atoms with Crippen LogP contribution in [0.1, 0.15) is 40.1 Å². The SMILES string of the molecule is CCc1cccc(C)c1NC(=O)c1cc(Nc2cc(C)on2)nc(C)n1. The van der Waals surface area contributed by atoms with Crippen LogP contribution in [0.25, 0.3) is 0 Å². The van der Waals surface area contributed by atoms with Crippen LogP contribution in [-0.4, -0.2) is 21.0 Å². The Balaban J connectivity index is 1.86. The average Bonchev–Trinajstić information content (AvgIpc) is 3.00. The standard InChI is InChI=1S/C19H21N5O2/c1-5-14-8-6-7-11(2)18(14)23-19(25)15-10-16(21-13(4)20-15)22-17-9-12(3)26-24-17/h6-10H,5H2,1-4H3,(H,23,25)(H,20,21,22,24). The molecule has 2 N–H and O–H groups in total. The van der Waals surface area contributed by atoms with Gasteiger partial charge in [0.25, 0.3) is 5.91 Å². The van der Waals surface area contributed by atoms with Crippen molar-refractivity contribution in [2.45, 2.75) is 34.1 Å². The number of para-hydroxylation sites is 1. The normalized spacial score (nSPS) is 10.6. The van der Waals surface area contributed by atoms with Crippen LogP contribution in [0.15, 0.2) is 34.9 Å². The number of rotatable bonds is 5. The zero-order chi connectivity index (χ0) is 18.7. The predicted molar refractivity (Wildman–Crippen MR) is 99.8 cm³/mol. The van der Waals surface area contributed by atoms with Crippen LogP contribution in [0, 0.1) is 20.8 Å². The molecule has 0 aliphatic rings. The van der Waals surface area contributed by atoms with Gasteiger partial charge in [-0.3, -0.25) is 4.79 Å². The van der Waals surface area contributed by atoms with Crippen LogP contribution in [0.4, 0.5) is 17.3 Å². The Morgan fingerprint density at radius 3 is 2.62 bits per heavy atom. The molecule has 0 saturated carbocycles. The molecular formula is C19H21N5O2. The number of anilines is 3. The van der Waals surface area contributed by atoms with Gasteiger partial charge in [-0.2, -0.15) is 0 Å². The minimum atomic E-state index is -0.279. The predicted octanol–water partition coefficient (Wildman–Crippen LogP) is 3.95. The van der Waals surface area contributed by atoms with Crippen molar-refractivity contribution in [3.63, 3.8) is 0 Å². The van der Waals surface area contributed by atoms with Gasteiger partial charge in [-0.1, -0.05) is 30.3 Å². The van der Waals surface area contributed by atoms with Crippen molar-refractivity contribution in [2.75, 3.05) is 10.6 Å². The molecule has 134 valence electrons. The molecule has 26 heavy (non-hydrogen) atoms. The van der Waals surface area contributed by atoms with E-state index in [1.807, 2.05) is 25.1 Å².